The van der Waals surface area contributed by atoms with Gasteiger partial charge in [-0.3, -0.25) is 9.10 Å². The van der Waals surface area contributed by atoms with E-state index < -0.39 is 22.5 Å². The summed E-state index contributed by atoms with van der Waals surface area (Å²) in [6, 6.07) is 11.9. The van der Waals surface area contributed by atoms with E-state index in [4.69, 9.17) is 14.2 Å². The Morgan fingerprint density at radius 2 is 1.68 bits per heavy atom. The molecule has 0 heterocycles. The van der Waals surface area contributed by atoms with Gasteiger partial charge in [0.2, 0.25) is 15.9 Å². The number of benzene rings is 2. The Balaban J connectivity index is 2.20. The summed E-state index contributed by atoms with van der Waals surface area (Å²) in [5.74, 6) is 0.964. The van der Waals surface area contributed by atoms with Crippen molar-refractivity contribution in [3.05, 3.63) is 48.0 Å². The average molecular weight is 408 g/mol. The van der Waals surface area contributed by atoms with Crippen LogP contribution in [0.4, 0.5) is 5.69 Å². The summed E-state index contributed by atoms with van der Waals surface area (Å²) in [6.07, 6.45) is 1.03. The summed E-state index contributed by atoms with van der Waals surface area (Å²) >= 11 is 0. The van der Waals surface area contributed by atoms with Crippen LogP contribution >= 0.6 is 0 Å². The van der Waals surface area contributed by atoms with Crippen LogP contribution in [0.25, 0.3) is 0 Å². The van der Waals surface area contributed by atoms with E-state index in [9.17, 15) is 13.2 Å². The first kappa shape index (κ1) is 21.4. The zero-order valence-corrected chi connectivity index (χ0v) is 17.1. The van der Waals surface area contributed by atoms with Gasteiger partial charge in [0.15, 0.2) is 0 Å². The van der Waals surface area contributed by atoms with E-state index in [1.807, 2.05) is 18.2 Å². The predicted octanol–water partition coefficient (Wildman–Crippen LogP) is 1.79. The van der Waals surface area contributed by atoms with Gasteiger partial charge in [0.25, 0.3) is 0 Å². The number of sulfonamides is 1. The number of carbonyl (C=O) groups is 1. The Morgan fingerprint density at radius 1 is 1.00 bits per heavy atom. The lowest BCUT2D eigenvalue weighted by Gasteiger charge is -2.24. The minimum atomic E-state index is -3.73. The van der Waals surface area contributed by atoms with E-state index in [2.05, 4.69) is 5.32 Å². The molecule has 0 saturated carbocycles. The lowest BCUT2D eigenvalue weighted by atomic mass is 10.2. The van der Waals surface area contributed by atoms with Crippen molar-refractivity contribution in [2.75, 3.05) is 38.4 Å². The van der Waals surface area contributed by atoms with Gasteiger partial charge in [0.1, 0.15) is 23.8 Å². The average Bonchev–Trinajstić information content (AvgIpc) is 2.69. The molecule has 0 bridgehead atoms. The van der Waals surface area contributed by atoms with Crippen LogP contribution in [0.2, 0.25) is 0 Å². The Labute approximate surface area is 165 Å². The molecule has 0 saturated heterocycles. The highest BCUT2D eigenvalue weighted by Crippen LogP contribution is 2.33. The zero-order valence-electron chi connectivity index (χ0n) is 16.3. The highest BCUT2D eigenvalue weighted by atomic mass is 32.2. The third-order valence-corrected chi connectivity index (χ3v) is 5.14. The molecular formula is C19H24N2O6S. The fourth-order valence-corrected chi connectivity index (χ4v) is 3.46. The number of hydrogen-bond donors (Lipinski definition) is 1. The van der Waals surface area contributed by atoms with Gasteiger partial charge in [0.05, 0.1) is 33.3 Å². The second kappa shape index (κ2) is 9.32. The Kier molecular flexibility index (Phi) is 7.11. The summed E-state index contributed by atoms with van der Waals surface area (Å²) in [5, 5.41) is 2.72. The van der Waals surface area contributed by atoms with Gasteiger partial charge in [-0.1, -0.05) is 18.2 Å². The monoisotopic (exact) mass is 408 g/mol. The van der Waals surface area contributed by atoms with Gasteiger partial charge in [-0.25, -0.2) is 8.42 Å². The van der Waals surface area contributed by atoms with Crippen LogP contribution in [-0.4, -0.2) is 48.5 Å². The molecule has 0 aliphatic rings. The topological polar surface area (TPSA) is 94.2 Å². The molecule has 2 aromatic carbocycles. The lowest BCUT2D eigenvalue weighted by Crippen LogP contribution is -2.40. The van der Waals surface area contributed by atoms with Crippen molar-refractivity contribution in [2.24, 2.45) is 0 Å². The molecule has 0 aromatic heterocycles. The van der Waals surface area contributed by atoms with Gasteiger partial charge >= 0.3 is 0 Å². The number of hydrogen-bond acceptors (Lipinski definition) is 6. The SMILES string of the molecule is COc1ccc(N(CC(=O)NCc2ccccc2OC)S(C)(=O)=O)c(OC)c1. The van der Waals surface area contributed by atoms with Crippen molar-refractivity contribution in [3.8, 4) is 17.2 Å². The van der Waals surface area contributed by atoms with Crippen LogP contribution in [0, 0.1) is 0 Å². The lowest BCUT2D eigenvalue weighted by molar-refractivity contribution is -0.119. The number of rotatable bonds is 9. The van der Waals surface area contributed by atoms with Crippen LogP contribution in [0.15, 0.2) is 42.5 Å². The molecule has 0 radical (unpaired) electrons. The van der Waals surface area contributed by atoms with Gasteiger partial charge in [-0.2, -0.15) is 0 Å². The second-order valence-corrected chi connectivity index (χ2v) is 7.80. The van der Waals surface area contributed by atoms with Crippen molar-refractivity contribution in [2.45, 2.75) is 6.54 Å². The first-order valence-corrected chi connectivity index (χ1v) is 10.2. The smallest absolute Gasteiger partial charge is 0.241 e. The van der Waals surface area contributed by atoms with Gasteiger partial charge in [0, 0.05) is 18.2 Å². The van der Waals surface area contributed by atoms with Crippen LogP contribution in [0.5, 0.6) is 17.2 Å². The largest absolute Gasteiger partial charge is 0.497 e. The molecule has 2 aromatic rings. The number of ether oxygens (including phenoxy) is 3. The van der Waals surface area contributed by atoms with E-state index in [-0.39, 0.29) is 18.0 Å². The predicted molar refractivity (Wildman–Crippen MR) is 107 cm³/mol. The standard InChI is InChI=1S/C19H24N2O6S/c1-25-15-9-10-16(18(11-15)27-3)21(28(4,23)24)13-19(22)20-12-14-7-5-6-8-17(14)26-2/h5-11H,12-13H2,1-4H3,(H,20,22). The minimum Gasteiger partial charge on any atom is -0.497 e. The van der Waals surface area contributed by atoms with Crippen LogP contribution in [-0.2, 0) is 21.4 Å². The number of carbonyl (C=O) groups excluding carboxylic acids is 1. The third-order valence-electron chi connectivity index (χ3n) is 4.01. The Morgan fingerprint density at radius 3 is 2.29 bits per heavy atom. The van der Waals surface area contributed by atoms with Crippen molar-refractivity contribution in [3.63, 3.8) is 0 Å². The molecule has 1 amide bonds. The van der Waals surface area contributed by atoms with E-state index >= 15 is 0 Å². The van der Waals surface area contributed by atoms with Crippen molar-refractivity contribution in [1.82, 2.24) is 5.32 Å². The zero-order chi connectivity index (χ0) is 20.7. The molecule has 0 aliphatic carbocycles. The molecule has 0 aliphatic heterocycles. The quantitative estimate of drug-likeness (QED) is 0.680. The maximum absolute atomic E-state index is 12.4. The van der Waals surface area contributed by atoms with E-state index in [1.165, 1.54) is 20.3 Å². The minimum absolute atomic E-state index is 0.209. The Bertz CT molecular complexity index is 930. The summed E-state index contributed by atoms with van der Waals surface area (Å²) in [5.41, 5.74) is 1.03. The molecule has 2 rings (SSSR count). The first-order chi connectivity index (χ1) is 13.3. The third kappa shape index (κ3) is 5.29. The molecule has 152 valence electrons. The summed E-state index contributed by atoms with van der Waals surface area (Å²) in [6.45, 7) is -0.184. The van der Waals surface area contributed by atoms with Crippen LogP contribution in [0.3, 0.4) is 0 Å². The van der Waals surface area contributed by atoms with E-state index in [1.54, 1.807) is 25.3 Å². The van der Waals surface area contributed by atoms with Crippen LogP contribution in [0.1, 0.15) is 5.56 Å². The molecular weight excluding hydrogens is 384 g/mol. The van der Waals surface area contributed by atoms with E-state index in [0.717, 1.165) is 16.1 Å². The molecule has 0 spiro atoms. The first-order valence-electron chi connectivity index (χ1n) is 8.38. The molecule has 0 atom stereocenters. The highest BCUT2D eigenvalue weighted by molar-refractivity contribution is 7.92. The van der Waals surface area contributed by atoms with Gasteiger partial charge in [-0.15, -0.1) is 0 Å². The summed E-state index contributed by atoms with van der Waals surface area (Å²) in [4.78, 5) is 12.4. The molecule has 0 fully saturated rings. The molecule has 8 nitrogen and oxygen atoms in total. The number of nitrogens with zero attached hydrogens (tertiary/aromatic N) is 1. The van der Waals surface area contributed by atoms with Crippen molar-refractivity contribution in [1.29, 1.82) is 0 Å². The normalized spacial score (nSPS) is 10.9. The molecule has 1 N–H and O–H groups in total. The summed E-state index contributed by atoms with van der Waals surface area (Å²) in [7, 11) is 0.721. The fraction of sp³-hybridized carbons (Fsp3) is 0.316. The number of methoxy groups -OCH3 is 3. The number of para-hydroxylation sites is 1. The second-order valence-electron chi connectivity index (χ2n) is 5.90. The van der Waals surface area contributed by atoms with Crippen molar-refractivity contribution >= 4 is 21.6 Å². The number of amides is 1. The fourth-order valence-electron chi connectivity index (χ4n) is 2.60. The van der Waals surface area contributed by atoms with Gasteiger partial charge < -0.3 is 19.5 Å². The van der Waals surface area contributed by atoms with Crippen LogP contribution < -0.4 is 23.8 Å². The highest BCUT2D eigenvalue weighted by Gasteiger charge is 2.24. The maximum atomic E-state index is 12.4. The van der Waals surface area contributed by atoms with E-state index in [0.29, 0.717) is 11.5 Å². The van der Waals surface area contributed by atoms with Gasteiger partial charge in [-0.05, 0) is 18.2 Å². The number of anilines is 1. The molecule has 9 heteroatoms. The van der Waals surface area contributed by atoms with Crippen molar-refractivity contribution < 1.29 is 27.4 Å². The Hall–Kier alpha value is -2.94. The maximum Gasteiger partial charge on any atom is 0.241 e. The molecule has 28 heavy (non-hydrogen) atoms. The molecule has 0 unspecified atom stereocenters. The number of nitrogens with one attached hydrogen (secondary N) is 1. The summed E-state index contributed by atoms with van der Waals surface area (Å²) < 4.78 is 41.2.